The fourth-order valence-corrected chi connectivity index (χ4v) is 3.94. The molecular formula is C21H33N3O. The molecule has 1 heterocycles. The second-order valence-electron chi connectivity index (χ2n) is 7.80. The smallest absolute Gasteiger partial charge is 0.225 e. The van der Waals surface area contributed by atoms with E-state index in [9.17, 15) is 4.79 Å². The van der Waals surface area contributed by atoms with E-state index in [-0.39, 0.29) is 5.91 Å². The van der Waals surface area contributed by atoms with Gasteiger partial charge in [-0.05, 0) is 55.9 Å². The molecule has 2 aliphatic rings. The van der Waals surface area contributed by atoms with Crippen LogP contribution in [0.15, 0.2) is 24.3 Å². The zero-order valence-electron chi connectivity index (χ0n) is 15.6. The first-order valence-electron chi connectivity index (χ1n) is 10.1. The maximum Gasteiger partial charge on any atom is 0.225 e. The Hall–Kier alpha value is -1.55. The van der Waals surface area contributed by atoms with Crippen molar-refractivity contribution in [3.63, 3.8) is 0 Å². The number of hydrogen-bond acceptors (Lipinski definition) is 3. The quantitative estimate of drug-likeness (QED) is 0.814. The van der Waals surface area contributed by atoms with Gasteiger partial charge in [0.2, 0.25) is 5.91 Å². The molecule has 1 aromatic rings. The normalized spacial score (nSPS) is 19.8. The Balaban J connectivity index is 1.39. The third-order valence-corrected chi connectivity index (χ3v) is 5.69. The van der Waals surface area contributed by atoms with Gasteiger partial charge in [-0.3, -0.25) is 4.79 Å². The number of carbonyl (C=O) groups excluding carboxylic acids is 1. The topological polar surface area (TPSA) is 44.4 Å². The first-order chi connectivity index (χ1) is 12.2. The van der Waals surface area contributed by atoms with E-state index in [2.05, 4.69) is 34.6 Å². The lowest BCUT2D eigenvalue weighted by atomic mass is 9.95. The van der Waals surface area contributed by atoms with Crippen molar-refractivity contribution in [1.82, 2.24) is 5.32 Å². The SMILES string of the molecule is CC1CCN(c2ccc(NC(=O)CCNC3CCCCC3)cc2)CC1. The highest BCUT2D eigenvalue weighted by atomic mass is 16.1. The molecule has 1 amide bonds. The van der Waals surface area contributed by atoms with Crippen LogP contribution in [-0.2, 0) is 4.79 Å². The van der Waals surface area contributed by atoms with Crippen LogP contribution in [0.3, 0.4) is 0 Å². The highest BCUT2D eigenvalue weighted by molar-refractivity contribution is 5.91. The molecule has 1 saturated heterocycles. The Morgan fingerprint density at radius 1 is 1.04 bits per heavy atom. The maximum atomic E-state index is 12.1. The molecule has 0 aromatic heterocycles. The summed E-state index contributed by atoms with van der Waals surface area (Å²) < 4.78 is 0. The van der Waals surface area contributed by atoms with E-state index in [4.69, 9.17) is 0 Å². The van der Waals surface area contributed by atoms with Crippen LogP contribution in [0.2, 0.25) is 0 Å². The predicted octanol–water partition coefficient (Wildman–Crippen LogP) is 4.17. The van der Waals surface area contributed by atoms with Crippen LogP contribution in [0.4, 0.5) is 11.4 Å². The van der Waals surface area contributed by atoms with E-state index in [1.807, 2.05) is 12.1 Å². The Morgan fingerprint density at radius 2 is 1.72 bits per heavy atom. The summed E-state index contributed by atoms with van der Waals surface area (Å²) in [6.45, 7) is 5.39. The van der Waals surface area contributed by atoms with E-state index in [0.717, 1.165) is 31.2 Å². The summed E-state index contributed by atoms with van der Waals surface area (Å²) in [5.74, 6) is 0.944. The third kappa shape index (κ3) is 5.74. The molecule has 3 rings (SSSR count). The molecule has 138 valence electrons. The zero-order valence-corrected chi connectivity index (χ0v) is 15.6. The maximum absolute atomic E-state index is 12.1. The molecule has 0 radical (unpaired) electrons. The van der Waals surface area contributed by atoms with E-state index < -0.39 is 0 Å². The van der Waals surface area contributed by atoms with Crippen molar-refractivity contribution in [1.29, 1.82) is 0 Å². The molecule has 1 aromatic carbocycles. The molecule has 0 atom stereocenters. The van der Waals surface area contributed by atoms with Crippen LogP contribution in [0.5, 0.6) is 0 Å². The summed E-state index contributed by atoms with van der Waals surface area (Å²) in [4.78, 5) is 14.6. The van der Waals surface area contributed by atoms with Crippen LogP contribution >= 0.6 is 0 Å². The summed E-state index contributed by atoms with van der Waals surface area (Å²) in [5, 5.41) is 6.55. The van der Waals surface area contributed by atoms with E-state index >= 15 is 0 Å². The van der Waals surface area contributed by atoms with Gasteiger partial charge in [-0.1, -0.05) is 26.2 Å². The van der Waals surface area contributed by atoms with Crippen LogP contribution in [0.25, 0.3) is 0 Å². The Bertz CT molecular complexity index is 529. The molecule has 1 saturated carbocycles. The largest absolute Gasteiger partial charge is 0.372 e. The van der Waals surface area contributed by atoms with Crippen molar-refractivity contribution < 1.29 is 4.79 Å². The number of hydrogen-bond donors (Lipinski definition) is 2. The lowest BCUT2D eigenvalue weighted by Crippen LogP contribution is -2.33. The van der Waals surface area contributed by atoms with Crippen molar-refractivity contribution in [2.75, 3.05) is 29.9 Å². The highest BCUT2D eigenvalue weighted by Gasteiger charge is 2.16. The van der Waals surface area contributed by atoms with Crippen LogP contribution in [0, 0.1) is 5.92 Å². The van der Waals surface area contributed by atoms with Gasteiger partial charge < -0.3 is 15.5 Å². The molecule has 0 bridgehead atoms. The van der Waals surface area contributed by atoms with Crippen molar-refractivity contribution in [3.8, 4) is 0 Å². The number of nitrogens with one attached hydrogen (secondary N) is 2. The Kier molecular flexibility index (Phi) is 6.74. The minimum atomic E-state index is 0.0999. The molecular weight excluding hydrogens is 310 g/mol. The Morgan fingerprint density at radius 3 is 2.40 bits per heavy atom. The number of amides is 1. The van der Waals surface area contributed by atoms with Gasteiger partial charge in [0.15, 0.2) is 0 Å². The number of rotatable bonds is 6. The van der Waals surface area contributed by atoms with E-state index in [1.54, 1.807) is 0 Å². The van der Waals surface area contributed by atoms with Crippen molar-refractivity contribution in [2.24, 2.45) is 5.92 Å². The number of anilines is 2. The Labute approximate surface area is 152 Å². The van der Waals surface area contributed by atoms with Gasteiger partial charge in [-0.2, -0.15) is 0 Å². The fourth-order valence-electron chi connectivity index (χ4n) is 3.94. The standard InChI is InChI=1S/C21H33N3O/c1-17-12-15-24(16-13-17)20-9-7-19(8-10-20)23-21(25)11-14-22-18-5-3-2-4-6-18/h7-10,17-18,22H,2-6,11-16H2,1H3,(H,23,25). The lowest BCUT2D eigenvalue weighted by Gasteiger charge is -2.32. The monoisotopic (exact) mass is 343 g/mol. The van der Waals surface area contributed by atoms with Crippen molar-refractivity contribution >= 4 is 17.3 Å². The number of nitrogens with zero attached hydrogens (tertiary/aromatic N) is 1. The number of carbonyl (C=O) groups is 1. The molecule has 1 aliphatic carbocycles. The van der Waals surface area contributed by atoms with Gasteiger partial charge in [0.1, 0.15) is 0 Å². The molecule has 4 nitrogen and oxygen atoms in total. The molecule has 25 heavy (non-hydrogen) atoms. The summed E-state index contributed by atoms with van der Waals surface area (Å²) in [6, 6.07) is 8.94. The fraction of sp³-hybridized carbons (Fsp3) is 0.667. The zero-order chi connectivity index (χ0) is 17.5. The van der Waals surface area contributed by atoms with Crippen molar-refractivity contribution in [2.45, 2.75) is 64.3 Å². The van der Waals surface area contributed by atoms with Gasteiger partial charge in [0, 0.05) is 43.5 Å². The third-order valence-electron chi connectivity index (χ3n) is 5.69. The summed E-state index contributed by atoms with van der Waals surface area (Å²) >= 11 is 0. The first kappa shape index (κ1) is 18.2. The van der Waals surface area contributed by atoms with Gasteiger partial charge in [-0.25, -0.2) is 0 Å². The van der Waals surface area contributed by atoms with Crippen molar-refractivity contribution in [3.05, 3.63) is 24.3 Å². The second-order valence-corrected chi connectivity index (χ2v) is 7.80. The van der Waals surface area contributed by atoms with Gasteiger partial charge in [0.25, 0.3) is 0 Å². The summed E-state index contributed by atoms with van der Waals surface area (Å²) in [6.07, 6.45) is 9.63. The number of benzene rings is 1. The molecule has 0 spiro atoms. The molecule has 4 heteroatoms. The number of piperidine rings is 1. The molecule has 0 unspecified atom stereocenters. The first-order valence-corrected chi connectivity index (χ1v) is 10.1. The second kappa shape index (κ2) is 9.23. The molecule has 2 fully saturated rings. The average Bonchev–Trinajstić information content (AvgIpc) is 2.64. The molecule has 2 N–H and O–H groups in total. The minimum Gasteiger partial charge on any atom is -0.372 e. The van der Waals surface area contributed by atoms with E-state index in [1.165, 1.54) is 50.6 Å². The lowest BCUT2D eigenvalue weighted by molar-refractivity contribution is -0.116. The average molecular weight is 344 g/mol. The highest BCUT2D eigenvalue weighted by Crippen LogP contribution is 2.24. The van der Waals surface area contributed by atoms with Crippen LogP contribution in [0.1, 0.15) is 58.3 Å². The van der Waals surface area contributed by atoms with Crippen LogP contribution in [-0.4, -0.2) is 31.6 Å². The minimum absolute atomic E-state index is 0.0999. The van der Waals surface area contributed by atoms with Gasteiger partial charge in [0.05, 0.1) is 0 Å². The van der Waals surface area contributed by atoms with Gasteiger partial charge >= 0.3 is 0 Å². The van der Waals surface area contributed by atoms with Crippen LogP contribution < -0.4 is 15.5 Å². The van der Waals surface area contributed by atoms with Gasteiger partial charge in [-0.15, -0.1) is 0 Å². The summed E-state index contributed by atoms with van der Waals surface area (Å²) in [5.41, 5.74) is 2.17. The summed E-state index contributed by atoms with van der Waals surface area (Å²) in [7, 11) is 0. The van der Waals surface area contributed by atoms with E-state index in [0.29, 0.717) is 12.5 Å². The molecule has 1 aliphatic heterocycles. The predicted molar refractivity (Wildman–Crippen MR) is 105 cm³/mol.